The number of nitro groups is 1. The van der Waals surface area contributed by atoms with E-state index in [1.807, 2.05) is 12.1 Å². The van der Waals surface area contributed by atoms with Gasteiger partial charge in [0.1, 0.15) is 5.56 Å². The van der Waals surface area contributed by atoms with Gasteiger partial charge in [-0.15, -0.1) is 0 Å². The summed E-state index contributed by atoms with van der Waals surface area (Å²) in [6, 6.07) is 12.6. The first kappa shape index (κ1) is 20.3. The summed E-state index contributed by atoms with van der Waals surface area (Å²) in [7, 11) is 0. The van der Waals surface area contributed by atoms with Crippen molar-refractivity contribution in [1.29, 1.82) is 0 Å². The Morgan fingerprint density at radius 2 is 1.74 bits per heavy atom. The minimum atomic E-state index is -0.755. The standard InChI is InChI=1S/C17H15ClN4O4S/c18-13-7-3-1-5-11(13)9-10-15(23)19-17(27)21-20-16(24)12-6-2-4-8-14(12)22(25)26/h1-8H,9-10H2,(H,20,24)(H2,19,21,23,27). The van der Waals surface area contributed by atoms with Crippen LogP contribution < -0.4 is 16.2 Å². The Morgan fingerprint density at radius 1 is 1.07 bits per heavy atom. The average Bonchev–Trinajstić information content (AvgIpc) is 2.65. The van der Waals surface area contributed by atoms with Crippen LogP contribution in [0.3, 0.4) is 0 Å². The van der Waals surface area contributed by atoms with Crippen LogP contribution in [0.25, 0.3) is 0 Å². The van der Waals surface area contributed by atoms with E-state index < -0.39 is 10.8 Å². The number of carbonyl (C=O) groups is 2. The van der Waals surface area contributed by atoms with Gasteiger partial charge in [0.05, 0.1) is 4.92 Å². The summed E-state index contributed by atoms with van der Waals surface area (Å²) in [6.07, 6.45) is 0.570. The fourth-order valence-corrected chi connectivity index (χ4v) is 2.57. The van der Waals surface area contributed by atoms with Gasteiger partial charge in [0.25, 0.3) is 11.6 Å². The summed E-state index contributed by atoms with van der Waals surface area (Å²) < 4.78 is 0. The third kappa shape index (κ3) is 6.01. The van der Waals surface area contributed by atoms with Gasteiger partial charge in [-0.05, 0) is 36.3 Å². The van der Waals surface area contributed by atoms with E-state index in [1.54, 1.807) is 12.1 Å². The van der Waals surface area contributed by atoms with Crippen molar-refractivity contribution in [2.24, 2.45) is 0 Å². The molecule has 2 rings (SSSR count). The zero-order chi connectivity index (χ0) is 19.8. The van der Waals surface area contributed by atoms with Crippen molar-refractivity contribution in [2.45, 2.75) is 12.8 Å². The maximum absolute atomic E-state index is 12.0. The number of nitrogens with zero attached hydrogens (tertiary/aromatic N) is 1. The smallest absolute Gasteiger partial charge is 0.282 e. The molecular formula is C17H15ClN4O4S. The lowest BCUT2D eigenvalue weighted by Gasteiger charge is -2.11. The Kier molecular flexibility index (Phi) is 7.21. The summed E-state index contributed by atoms with van der Waals surface area (Å²) in [4.78, 5) is 34.2. The van der Waals surface area contributed by atoms with Crippen LogP contribution in [-0.4, -0.2) is 21.9 Å². The Bertz CT molecular complexity index is 891. The van der Waals surface area contributed by atoms with Crippen molar-refractivity contribution >= 4 is 46.4 Å². The largest absolute Gasteiger partial charge is 0.302 e. The summed E-state index contributed by atoms with van der Waals surface area (Å²) in [5.74, 6) is -1.12. The highest BCUT2D eigenvalue weighted by Crippen LogP contribution is 2.17. The van der Waals surface area contributed by atoms with Gasteiger partial charge >= 0.3 is 0 Å². The van der Waals surface area contributed by atoms with Gasteiger partial charge in [0.2, 0.25) is 5.91 Å². The molecule has 0 spiro atoms. The number of hydrogen-bond donors (Lipinski definition) is 3. The van der Waals surface area contributed by atoms with Gasteiger partial charge in [-0.2, -0.15) is 0 Å². The first-order valence-corrected chi connectivity index (χ1v) is 8.54. The number of benzene rings is 2. The molecule has 0 heterocycles. The number of carbonyl (C=O) groups excluding carboxylic acids is 2. The number of para-hydroxylation sites is 1. The molecule has 0 fully saturated rings. The SMILES string of the molecule is O=C(CCc1ccccc1Cl)NC(=S)NNC(=O)c1ccccc1[N+](=O)[O-]. The normalized spacial score (nSPS) is 9.96. The Labute approximate surface area is 165 Å². The molecule has 0 atom stereocenters. The van der Waals surface area contributed by atoms with E-state index in [-0.39, 0.29) is 28.7 Å². The predicted octanol–water partition coefficient (Wildman–Crippen LogP) is 2.52. The number of thiocarbonyl (C=S) groups is 1. The van der Waals surface area contributed by atoms with Gasteiger partial charge in [-0.25, -0.2) is 0 Å². The summed E-state index contributed by atoms with van der Waals surface area (Å²) >= 11 is 10.9. The molecule has 0 aromatic heterocycles. The van der Waals surface area contributed by atoms with Crippen LogP contribution in [0.5, 0.6) is 0 Å². The van der Waals surface area contributed by atoms with Crippen LogP contribution in [-0.2, 0) is 11.2 Å². The second-order valence-corrected chi connectivity index (χ2v) is 6.14. The zero-order valence-corrected chi connectivity index (χ0v) is 15.5. The molecule has 27 heavy (non-hydrogen) atoms. The van der Waals surface area contributed by atoms with E-state index in [1.165, 1.54) is 24.3 Å². The van der Waals surface area contributed by atoms with Crippen LogP contribution in [0.1, 0.15) is 22.3 Å². The quantitative estimate of drug-likeness (QED) is 0.399. The lowest BCUT2D eigenvalue weighted by Crippen LogP contribution is -2.48. The van der Waals surface area contributed by atoms with Crippen LogP contribution in [0, 0.1) is 10.1 Å². The molecule has 140 valence electrons. The first-order chi connectivity index (χ1) is 12.9. The first-order valence-electron chi connectivity index (χ1n) is 7.75. The van der Waals surface area contributed by atoms with Crippen molar-refractivity contribution in [3.05, 3.63) is 74.8 Å². The minimum absolute atomic E-state index is 0.133. The van der Waals surface area contributed by atoms with Crippen molar-refractivity contribution < 1.29 is 14.5 Å². The number of amides is 2. The number of nitrogens with one attached hydrogen (secondary N) is 3. The maximum Gasteiger partial charge on any atom is 0.282 e. The summed E-state index contributed by atoms with van der Waals surface area (Å²) in [6.45, 7) is 0. The molecule has 0 unspecified atom stereocenters. The van der Waals surface area contributed by atoms with Crippen molar-refractivity contribution in [3.8, 4) is 0 Å². The molecule has 0 aliphatic heterocycles. The molecular weight excluding hydrogens is 392 g/mol. The van der Waals surface area contributed by atoms with E-state index in [2.05, 4.69) is 16.2 Å². The van der Waals surface area contributed by atoms with Gasteiger partial charge in [0, 0.05) is 17.5 Å². The molecule has 0 radical (unpaired) electrons. The van der Waals surface area contributed by atoms with E-state index in [9.17, 15) is 19.7 Å². The van der Waals surface area contributed by atoms with Crippen molar-refractivity contribution in [1.82, 2.24) is 16.2 Å². The molecule has 3 N–H and O–H groups in total. The van der Waals surface area contributed by atoms with Gasteiger partial charge in [-0.3, -0.25) is 30.6 Å². The third-order valence-electron chi connectivity index (χ3n) is 3.47. The number of halogens is 1. The van der Waals surface area contributed by atoms with E-state index >= 15 is 0 Å². The van der Waals surface area contributed by atoms with E-state index in [4.69, 9.17) is 23.8 Å². The monoisotopic (exact) mass is 406 g/mol. The van der Waals surface area contributed by atoms with Crippen molar-refractivity contribution in [2.75, 3.05) is 0 Å². The molecule has 0 bridgehead atoms. The van der Waals surface area contributed by atoms with Crippen LogP contribution in [0.15, 0.2) is 48.5 Å². The number of rotatable bonds is 5. The average molecular weight is 407 g/mol. The van der Waals surface area contributed by atoms with E-state index in [0.717, 1.165) is 5.56 Å². The minimum Gasteiger partial charge on any atom is -0.302 e. The molecule has 2 aromatic carbocycles. The second kappa shape index (κ2) is 9.60. The number of nitro benzene ring substituents is 1. The van der Waals surface area contributed by atoms with Gasteiger partial charge < -0.3 is 5.32 Å². The summed E-state index contributed by atoms with van der Waals surface area (Å²) in [5, 5.41) is 13.8. The highest BCUT2D eigenvalue weighted by molar-refractivity contribution is 7.80. The highest BCUT2D eigenvalue weighted by Gasteiger charge is 2.19. The molecule has 0 saturated heterocycles. The highest BCUT2D eigenvalue weighted by atomic mass is 35.5. The number of hydrazine groups is 1. The lowest BCUT2D eigenvalue weighted by atomic mass is 10.1. The van der Waals surface area contributed by atoms with Crippen LogP contribution in [0.4, 0.5) is 5.69 Å². The Hall–Kier alpha value is -3.04. The van der Waals surface area contributed by atoms with E-state index in [0.29, 0.717) is 11.4 Å². The van der Waals surface area contributed by atoms with Crippen molar-refractivity contribution in [3.63, 3.8) is 0 Å². The van der Waals surface area contributed by atoms with Gasteiger partial charge in [-0.1, -0.05) is 41.9 Å². The second-order valence-electron chi connectivity index (χ2n) is 5.32. The molecule has 2 amide bonds. The molecule has 8 nitrogen and oxygen atoms in total. The number of hydrogen-bond acceptors (Lipinski definition) is 5. The van der Waals surface area contributed by atoms with Gasteiger partial charge in [0.15, 0.2) is 5.11 Å². The van der Waals surface area contributed by atoms with Crippen LogP contribution in [0.2, 0.25) is 5.02 Å². The third-order valence-corrected chi connectivity index (χ3v) is 4.04. The molecule has 2 aromatic rings. The topological polar surface area (TPSA) is 113 Å². The predicted molar refractivity (Wildman–Crippen MR) is 104 cm³/mol. The molecule has 0 aliphatic carbocycles. The lowest BCUT2D eigenvalue weighted by molar-refractivity contribution is -0.385. The Balaban J connectivity index is 1.82. The van der Waals surface area contributed by atoms with Crippen LogP contribution >= 0.6 is 23.8 Å². The fourth-order valence-electron chi connectivity index (χ4n) is 2.18. The number of aryl methyl sites for hydroxylation is 1. The molecule has 0 saturated carbocycles. The maximum atomic E-state index is 12.0. The zero-order valence-electron chi connectivity index (χ0n) is 13.9. The summed E-state index contributed by atoms with van der Waals surface area (Å²) in [5.41, 5.74) is 4.90. The Morgan fingerprint density at radius 3 is 2.44 bits per heavy atom. The molecule has 10 heteroatoms. The fraction of sp³-hybridized carbons (Fsp3) is 0.118. The molecule has 0 aliphatic rings.